The van der Waals surface area contributed by atoms with Gasteiger partial charge >= 0.3 is 0 Å². The maximum atomic E-state index is 13.0. The van der Waals surface area contributed by atoms with Crippen LogP contribution in [0.1, 0.15) is 21.6 Å². The van der Waals surface area contributed by atoms with Gasteiger partial charge in [-0.15, -0.1) is 0 Å². The van der Waals surface area contributed by atoms with Crippen molar-refractivity contribution in [1.82, 2.24) is 10.3 Å². The Bertz CT molecular complexity index is 643. The molecule has 0 aliphatic carbocycles. The second-order valence-corrected chi connectivity index (χ2v) is 4.76. The molecule has 0 aliphatic heterocycles. The van der Waals surface area contributed by atoms with Gasteiger partial charge in [-0.1, -0.05) is 6.07 Å². The molecule has 0 atom stereocenters. The summed E-state index contributed by atoms with van der Waals surface area (Å²) in [6.07, 6.45) is 2.24. The number of carbonyl (C=O) groups is 1. The van der Waals surface area contributed by atoms with Crippen LogP contribution in [0.5, 0.6) is 0 Å². The van der Waals surface area contributed by atoms with E-state index in [2.05, 4.69) is 15.6 Å². The summed E-state index contributed by atoms with van der Waals surface area (Å²) in [7, 11) is 1.79. The number of anilines is 1. The van der Waals surface area contributed by atoms with Crippen molar-refractivity contribution in [3.63, 3.8) is 0 Å². The number of halogens is 1. The average molecular weight is 287 g/mol. The molecule has 2 rings (SSSR count). The maximum Gasteiger partial charge on any atom is 0.269 e. The van der Waals surface area contributed by atoms with Crippen molar-refractivity contribution in [1.29, 1.82) is 0 Å². The normalized spacial score (nSPS) is 10.2. The van der Waals surface area contributed by atoms with Crippen molar-refractivity contribution < 1.29 is 9.18 Å². The summed E-state index contributed by atoms with van der Waals surface area (Å²) >= 11 is 0. The van der Waals surface area contributed by atoms with Crippen LogP contribution in [0.2, 0.25) is 0 Å². The van der Waals surface area contributed by atoms with Gasteiger partial charge in [-0.2, -0.15) is 0 Å². The Morgan fingerprint density at radius 2 is 2.10 bits per heavy atom. The van der Waals surface area contributed by atoms with Gasteiger partial charge in [0, 0.05) is 25.5 Å². The van der Waals surface area contributed by atoms with E-state index in [-0.39, 0.29) is 11.7 Å². The highest BCUT2D eigenvalue weighted by Gasteiger charge is 2.07. The van der Waals surface area contributed by atoms with Crippen LogP contribution in [0.4, 0.5) is 10.1 Å². The minimum Gasteiger partial charge on any atom is -0.388 e. The van der Waals surface area contributed by atoms with Crippen LogP contribution in [0, 0.1) is 12.7 Å². The Kier molecular flexibility index (Phi) is 4.87. The zero-order valence-corrected chi connectivity index (χ0v) is 12.1. The molecule has 1 aromatic carbocycles. The largest absolute Gasteiger partial charge is 0.388 e. The number of aromatic nitrogens is 1. The molecular formula is C16H18FN3O. The average Bonchev–Trinajstić information content (AvgIpc) is 2.49. The molecule has 0 bridgehead atoms. The molecular weight excluding hydrogens is 269 g/mol. The van der Waals surface area contributed by atoms with Gasteiger partial charge in [0.2, 0.25) is 0 Å². The van der Waals surface area contributed by atoms with Gasteiger partial charge < -0.3 is 10.6 Å². The standard InChI is InChI=1S/C16H18FN3O/c1-11-9-13(17)4-3-12(11)5-7-20-16(21)15-10-14(18-2)6-8-19-15/h3-4,6,8-10H,5,7H2,1-2H3,(H,18,19)(H,20,21). The Morgan fingerprint density at radius 1 is 1.29 bits per heavy atom. The molecule has 0 saturated carbocycles. The highest BCUT2D eigenvalue weighted by atomic mass is 19.1. The van der Waals surface area contributed by atoms with E-state index < -0.39 is 0 Å². The van der Waals surface area contributed by atoms with Crippen molar-refractivity contribution in [2.75, 3.05) is 18.9 Å². The van der Waals surface area contributed by atoms with Gasteiger partial charge in [-0.25, -0.2) is 4.39 Å². The molecule has 5 heteroatoms. The first-order valence-corrected chi connectivity index (χ1v) is 6.77. The highest BCUT2D eigenvalue weighted by Crippen LogP contribution is 2.10. The topological polar surface area (TPSA) is 54.0 Å². The number of benzene rings is 1. The van der Waals surface area contributed by atoms with E-state index in [0.29, 0.717) is 18.7 Å². The third kappa shape index (κ3) is 4.02. The zero-order valence-electron chi connectivity index (χ0n) is 12.1. The van der Waals surface area contributed by atoms with E-state index in [1.807, 2.05) is 6.92 Å². The molecule has 21 heavy (non-hydrogen) atoms. The molecule has 1 aromatic heterocycles. The minimum absolute atomic E-state index is 0.216. The van der Waals surface area contributed by atoms with Gasteiger partial charge in [-0.05, 0) is 48.7 Å². The van der Waals surface area contributed by atoms with Crippen LogP contribution in [0.3, 0.4) is 0 Å². The summed E-state index contributed by atoms with van der Waals surface area (Å²) < 4.78 is 13.0. The molecule has 0 radical (unpaired) electrons. The number of aryl methyl sites for hydroxylation is 1. The van der Waals surface area contributed by atoms with Crippen LogP contribution >= 0.6 is 0 Å². The van der Waals surface area contributed by atoms with E-state index in [9.17, 15) is 9.18 Å². The minimum atomic E-state index is -0.242. The number of hydrogen-bond donors (Lipinski definition) is 2. The lowest BCUT2D eigenvalue weighted by Gasteiger charge is -2.08. The molecule has 2 N–H and O–H groups in total. The number of pyridine rings is 1. The van der Waals surface area contributed by atoms with E-state index in [1.165, 1.54) is 12.1 Å². The number of carbonyl (C=O) groups excluding carboxylic acids is 1. The fourth-order valence-electron chi connectivity index (χ4n) is 2.05. The van der Waals surface area contributed by atoms with Crippen molar-refractivity contribution in [2.45, 2.75) is 13.3 Å². The van der Waals surface area contributed by atoms with E-state index in [4.69, 9.17) is 0 Å². The Labute approximate surface area is 123 Å². The van der Waals surface area contributed by atoms with Gasteiger partial charge in [0.1, 0.15) is 11.5 Å². The molecule has 0 saturated heterocycles. The number of nitrogens with one attached hydrogen (secondary N) is 2. The fourth-order valence-corrected chi connectivity index (χ4v) is 2.05. The molecule has 0 fully saturated rings. The highest BCUT2D eigenvalue weighted by molar-refractivity contribution is 5.93. The summed E-state index contributed by atoms with van der Waals surface area (Å²) in [4.78, 5) is 16.0. The second kappa shape index (κ2) is 6.83. The Balaban J connectivity index is 1.92. The Hall–Kier alpha value is -2.43. The predicted octanol–water partition coefficient (Wildman–Crippen LogP) is 2.54. The number of nitrogens with zero attached hydrogens (tertiary/aromatic N) is 1. The van der Waals surface area contributed by atoms with Crippen LogP contribution in [-0.2, 0) is 6.42 Å². The third-order valence-electron chi connectivity index (χ3n) is 3.27. The monoisotopic (exact) mass is 287 g/mol. The van der Waals surface area contributed by atoms with E-state index >= 15 is 0 Å². The lowest BCUT2D eigenvalue weighted by molar-refractivity contribution is 0.0949. The maximum absolute atomic E-state index is 13.0. The summed E-state index contributed by atoms with van der Waals surface area (Å²) in [5.74, 6) is -0.458. The smallest absolute Gasteiger partial charge is 0.269 e. The molecule has 110 valence electrons. The number of hydrogen-bond acceptors (Lipinski definition) is 3. The summed E-state index contributed by atoms with van der Waals surface area (Å²) in [5, 5.41) is 5.78. The van der Waals surface area contributed by atoms with Crippen molar-refractivity contribution >= 4 is 11.6 Å². The quantitative estimate of drug-likeness (QED) is 0.888. The van der Waals surface area contributed by atoms with Crippen LogP contribution in [0.15, 0.2) is 36.5 Å². The van der Waals surface area contributed by atoms with Crippen LogP contribution < -0.4 is 10.6 Å². The lowest BCUT2D eigenvalue weighted by Crippen LogP contribution is -2.26. The zero-order chi connectivity index (χ0) is 15.2. The fraction of sp³-hybridized carbons (Fsp3) is 0.250. The van der Waals surface area contributed by atoms with E-state index in [0.717, 1.165) is 16.8 Å². The number of amides is 1. The van der Waals surface area contributed by atoms with Crippen LogP contribution in [0.25, 0.3) is 0 Å². The third-order valence-corrected chi connectivity index (χ3v) is 3.27. The molecule has 1 amide bonds. The SMILES string of the molecule is CNc1ccnc(C(=O)NCCc2ccc(F)cc2C)c1. The van der Waals surface area contributed by atoms with Gasteiger partial charge in [0.05, 0.1) is 0 Å². The van der Waals surface area contributed by atoms with Crippen molar-refractivity contribution in [3.8, 4) is 0 Å². The Morgan fingerprint density at radius 3 is 2.81 bits per heavy atom. The first-order valence-electron chi connectivity index (χ1n) is 6.77. The van der Waals surface area contributed by atoms with Crippen molar-refractivity contribution in [3.05, 3.63) is 59.2 Å². The molecule has 4 nitrogen and oxygen atoms in total. The first-order chi connectivity index (χ1) is 10.1. The first kappa shape index (κ1) is 15.0. The van der Waals surface area contributed by atoms with E-state index in [1.54, 1.807) is 31.4 Å². The predicted molar refractivity (Wildman–Crippen MR) is 81.0 cm³/mol. The molecule has 0 unspecified atom stereocenters. The molecule has 1 heterocycles. The van der Waals surface area contributed by atoms with Gasteiger partial charge in [-0.3, -0.25) is 9.78 Å². The van der Waals surface area contributed by atoms with Gasteiger partial charge in [0.25, 0.3) is 5.91 Å². The number of rotatable bonds is 5. The molecule has 2 aromatic rings. The molecule has 0 spiro atoms. The molecule has 0 aliphatic rings. The summed E-state index contributed by atoms with van der Waals surface area (Å²) in [6, 6.07) is 8.16. The van der Waals surface area contributed by atoms with Crippen molar-refractivity contribution in [2.24, 2.45) is 0 Å². The lowest BCUT2D eigenvalue weighted by atomic mass is 10.1. The van der Waals surface area contributed by atoms with Gasteiger partial charge in [0.15, 0.2) is 0 Å². The summed E-state index contributed by atoms with van der Waals surface area (Å²) in [5.41, 5.74) is 3.12. The summed E-state index contributed by atoms with van der Waals surface area (Å²) in [6.45, 7) is 2.34. The second-order valence-electron chi connectivity index (χ2n) is 4.76. The van der Waals surface area contributed by atoms with Crippen LogP contribution in [-0.4, -0.2) is 24.5 Å².